The molecule has 2 atom stereocenters. The van der Waals surface area contributed by atoms with Crippen molar-refractivity contribution in [2.75, 3.05) is 19.5 Å². The first kappa shape index (κ1) is 12.7. The van der Waals surface area contributed by atoms with Crippen LogP contribution in [0.4, 0.5) is 0 Å². The Labute approximate surface area is 91.2 Å². The van der Waals surface area contributed by atoms with Gasteiger partial charge in [0.15, 0.2) is 9.84 Å². The summed E-state index contributed by atoms with van der Waals surface area (Å²) in [6.45, 7) is 4.51. The summed E-state index contributed by atoms with van der Waals surface area (Å²) in [5.41, 5.74) is 0. The van der Waals surface area contributed by atoms with E-state index in [9.17, 15) is 8.42 Å². The molecule has 5 heteroatoms. The second-order valence-electron chi connectivity index (χ2n) is 4.05. The molecule has 0 N–H and O–H groups in total. The molecule has 2 unspecified atom stereocenters. The van der Waals surface area contributed by atoms with Crippen LogP contribution in [0.3, 0.4) is 0 Å². The lowest BCUT2D eigenvalue weighted by Crippen LogP contribution is -2.28. The molecule has 0 amide bonds. The number of hydrogen-bond donors (Lipinski definition) is 0. The third kappa shape index (κ3) is 3.93. The number of ether oxygens (including phenoxy) is 2. The van der Waals surface area contributed by atoms with E-state index in [1.807, 2.05) is 13.8 Å². The first-order valence-corrected chi connectivity index (χ1v) is 6.71. The second kappa shape index (κ2) is 5.09. The van der Waals surface area contributed by atoms with Crippen LogP contribution >= 0.6 is 0 Å². The number of hydrogen-bond acceptors (Lipinski definition) is 4. The van der Waals surface area contributed by atoms with E-state index in [-0.39, 0.29) is 18.0 Å². The van der Waals surface area contributed by atoms with Crippen LogP contribution in [-0.4, -0.2) is 40.1 Å². The highest BCUT2D eigenvalue weighted by molar-refractivity contribution is 7.94. The summed E-state index contributed by atoms with van der Waals surface area (Å²) >= 11 is 0. The predicted molar refractivity (Wildman–Crippen MR) is 58.3 cm³/mol. The Morgan fingerprint density at radius 2 is 2.13 bits per heavy atom. The average molecular weight is 234 g/mol. The van der Waals surface area contributed by atoms with Crippen molar-refractivity contribution < 1.29 is 17.9 Å². The van der Waals surface area contributed by atoms with E-state index in [0.29, 0.717) is 12.5 Å². The molecule has 1 rings (SSSR count). The van der Waals surface area contributed by atoms with Crippen LogP contribution in [0.1, 0.15) is 13.8 Å². The maximum atomic E-state index is 11.1. The molecule has 0 saturated carbocycles. The Morgan fingerprint density at radius 3 is 2.53 bits per heavy atom. The second-order valence-corrected chi connectivity index (χ2v) is 5.98. The molecule has 0 aromatic rings. The Balaban J connectivity index is 2.36. The highest BCUT2D eigenvalue weighted by atomic mass is 32.2. The van der Waals surface area contributed by atoms with Gasteiger partial charge in [-0.2, -0.15) is 0 Å². The molecule has 0 aromatic carbocycles. The Kier molecular flexibility index (Phi) is 4.31. The number of methoxy groups -OCH3 is 1. The van der Waals surface area contributed by atoms with Crippen molar-refractivity contribution in [1.82, 2.24) is 0 Å². The quantitative estimate of drug-likeness (QED) is 0.711. The largest absolute Gasteiger partial charge is 0.379 e. The summed E-state index contributed by atoms with van der Waals surface area (Å²) in [5.74, 6) is 0.415. The Bertz CT molecular complexity index is 318. The van der Waals surface area contributed by atoms with Gasteiger partial charge in [0, 0.05) is 12.5 Å². The minimum Gasteiger partial charge on any atom is -0.379 e. The molecule has 0 spiro atoms. The van der Waals surface area contributed by atoms with E-state index >= 15 is 0 Å². The molecule has 0 fully saturated rings. The molecule has 15 heavy (non-hydrogen) atoms. The van der Waals surface area contributed by atoms with Gasteiger partial charge in [-0.05, 0) is 12.0 Å². The molecule has 1 aliphatic heterocycles. The number of sulfone groups is 1. The van der Waals surface area contributed by atoms with Gasteiger partial charge in [-0.15, -0.1) is 0 Å². The fourth-order valence-corrected chi connectivity index (χ4v) is 2.59. The van der Waals surface area contributed by atoms with E-state index in [2.05, 4.69) is 0 Å². The molecule has 0 aliphatic carbocycles. The van der Waals surface area contributed by atoms with Crippen LogP contribution in [0.5, 0.6) is 0 Å². The third-order valence-electron chi connectivity index (χ3n) is 2.42. The summed E-state index contributed by atoms with van der Waals surface area (Å²) in [4.78, 5) is 0. The summed E-state index contributed by atoms with van der Waals surface area (Å²) < 4.78 is 32.9. The lowest BCUT2D eigenvalue weighted by molar-refractivity contribution is -0.0267. The van der Waals surface area contributed by atoms with Gasteiger partial charge in [0.2, 0.25) is 0 Å². The van der Waals surface area contributed by atoms with E-state index in [0.717, 1.165) is 0 Å². The standard InChI is InChI=1S/C10H18O4S/c1-8(2)10(13-3)6-14-9-4-5-15(11,12)7-9/h4-5,8-10H,6-7H2,1-3H3. The number of rotatable bonds is 5. The highest BCUT2D eigenvalue weighted by Gasteiger charge is 2.23. The normalized spacial score (nSPS) is 26.0. The Hall–Kier alpha value is -0.390. The van der Waals surface area contributed by atoms with Crippen LogP contribution in [0.25, 0.3) is 0 Å². The molecule has 0 aromatic heterocycles. The van der Waals surface area contributed by atoms with E-state index < -0.39 is 9.84 Å². The van der Waals surface area contributed by atoms with Crippen molar-refractivity contribution >= 4 is 9.84 Å². The fourth-order valence-electron chi connectivity index (χ4n) is 1.40. The summed E-state index contributed by atoms with van der Waals surface area (Å²) in [6.07, 6.45) is 1.29. The van der Waals surface area contributed by atoms with Crippen molar-refractivity contribution in [2.24, 2.45) is 5.92 Å². The summed E-state index contributed by atoms with van der Waals surface area (Å²) in [6, 6.07) is 0. The van der Waals surface area contributed by atoms with E-state index in [4.69, 9.17) is 9.47 Å². The molecule has 1 aliphatic rings. The zero-order valence-corrected chi connectivity index (χ0v) is 10.2. The molecule has 0 radical (unpaired) electrons. The van der Waals surface area contributed by atoms with E-state index in [1.54, 1.807) is 13.2 Å². The smallest absolute Gasteiger partial charge is 0.174 e. The lowest BCUT2D eigenvalue weighted by Gasteiger charge is -2.20. The minimum absolute atomic E-state index is 0.0155. The summed E-state index contributed by atoms with van der Waals surface area (Å²) in [5, 5.41) is 1.22. The fraction of sp³-hybridized carbons (Fsp3) is 0.800. The zero-order chi connectivity index (χ0) is 11.5. The first-order chi connectivity index (χ1) is 6.94. The summed E-state index contributed by atoms with van der Waals surface area (Å²) in [7, 11) is -1.38. The van der Waals surface area contributed by atoms with Crippen LogP contribution in [0, 0.1) is 5.92 Å². The van der Waals surface area contributed by atoms with Crippen LogP contribution in [0.2, 0.25) is 0 Å². The minimum atomic E-state index is -3.02. The van der Waals surface area contributed by atoms with Crippen molar-refractivity contribution in [3.05, 3.63) is 11.5 Å². The molecular formula is C10H18O4S. The van der Waals surface area contributed by atoms with Gasteiger partial charge in [-0.25, -0.2) is 8.42 Å². The van der Waals surface area contributed by atoms with Crippen molar-refractivity contribution in [3.8, 4) is 0 Å². The van der Waals surface area contributed by atoms with Crippen molar-refractivity contribution in [2.45, 2.75) is 26.1 Å². The highest BCUT2D eigenvalue weighted by Crippen LogP contribution is 2.13. The SMILES string of the molecule is COC(COC1C=CS(=O)(=O)C1)C(C)C. The van der Waals surface area contributed by atoms with Crippen LogP contribution < -0.4 is 0 Å². The van der Waals surface area contributed by atoms with Crippen LogP contribution in [0.15, 0.2) is 11.5 Å². The lowest BCUT2D eigenvalue weighted by atomic mass is 10.1. The monoisotopic (exact) mass is 234 g/mol. The van der Waals surface area contributed by atoms with Gasteiger partial charge in [-0.3, -0.25) is 0 Å². The average Bonchev–Trinajstić information content (AvgIpc) is 2.46. The molecular weight excluding hydrogens is 216 g/mol. The first-order valence-electron chi connectivity index (χ1n) is 5.00. The molecule has 0 bridgehead atoms. The molecule has 1 heterocycles. The maximum Gasteiger partial charge on any atom is 0.174 e. The van der Waals surface area contributed by atoms with Gasteiger partial charge in [-0.1, -0.05) is 13.8 Å². The van der Waals surface area contributed by atoms with Crippen molar-refractivity contribution in [3.63, 3.8) is 0 Å². The van der Waals surface area contributed by atoms with Crippen LogP contribution in [-0.2, 0) is 19.3 Å². The van der Waals surface area contributed by atoms with E-state index in [1.165, 1.54) is 5.41 Å². The van der Waals surface area contributed by atoms with Gasteiger partial charge in [0.25, 0.3) is 0 Å². The van der Waals surface area contributed by atoms with Gasteiger partial charge < -0.3 is 9.47 Å². The third-order valence-corrected chi connectivity index (χ3v) is 3.78. The molecule has 4 nitrogen and oxygen atoms in total. The predicted octanol–water partition coefficient (Wildman–Crippen LogP) is 0.985. The topological polar surface area (TPSA) is 52.6 Å². The van der Waals surface area contributed by atoms with Crippen molar-refractivity contribution in [1.29, 1.82) is 0 Å². The van der Waals surface area contributed by atoms with Gasteiger partial charge in [0.05, 0.1) is 24.6 Å². The van der Waals surface area contributed by atoms with Gasteiger partial charge >= 0.3 is 0 Å². The van der Waals surface area contributed by atoms with Gasteiger partial charge in [0.1, 0.15) is 0 Å². The molecule has 0 saturated heterocycles. The maximum absolute atomic E-state index is 11.1. The Morgan fingerprint density at radius 1 is 1.47 bits per heavy atom. The molecule has 88 valence electrons. The zero-order valence-electron chi connectivity index (χ0n) is 9.34.